The Labute approximate surface area is 221 Å². The summed E-state index contributed by atoms with van der Waals surface area (Å²) in [7, 11) is 0. The van der Waals surface area contributed by atoms with Crippen LogP contribution in [0.3, 0.4) is 0 Å². The number of nitrogens with two attached hydrogens (primary N) is 3. The molecule has 4 atom stereocenters. The first-order valence-electron chi connectivity index (χ1n) is 12.5. The summed E-state index contributed by atoms with van der Waals surface area (Å²) in [6.07, 6.45) is 0.847. The predicted molar refractivity (Wildman–Crippen MR) is 139 cm³/mol. The third-order valence-electron chi connectivity index (χ3n) is 5.67. The molecule has 0 aliphatic rings. The Hall–Kier alpha value is -3.71. The van der Waals surface area contributed by atoms with Gasteiger partial charge in [0.05, 0.1) is 12.5 Å². The van der Waals surface area contributed by atoms with Crippen LogP contribution in [0.25, 0.3) is 0 Å². The molecule has 0 saturated carbocycles. The Morgan fingerprint density at radius 3 is 1.95 bits per heavy atom. The molecule has 11 N–H and O–H groups in total. The molecule has 13 nitrogen and oxygen atoms in total. The fourth-order valence-corrected chi connectivity index (χ4v) is 3.68. The first-order chi connectivity index (χ1) is 17.8. The van der Waals surface area contributed by atoms with E-state index in [4.69, 9.17) is 17.2 Å². The Bertz CT molecular complexity index is 954. The number of aromatic hydroxyl groups is 1. The second-order valence-corrected chi connectivity index (χ2v) is 9.58. The maximum absolute atomic E-state index is 13.2. The minimum Gasteiger partial charge on any atom is -0.508 e. The van der Waals surface area contributed by atoms with Gasteiger partial charge in [0.2, 0.25) is 23.6 Å². The van der Waals surface area contributed by atoms with Crippen LogP contribution in [0.15, 0.2) is 24.3 Å². The van der Waals surface area contributed by atoms with E-state index < -0.39 is 60.2 Å². The standard InChI is InChI=1S/C25H40N6O7/c1-14(2)11-17(27)22(34)30-19(12-15-6-8-16(32)9-7-15)23(35)31-20(13-21(28)33)24(36)29-18(25(37)38)5-3-4-10-26/h6-9,14,17-20,32H,3-5,10-13,26-27H2,1-2H3,(H2,28,33)(H,29,36)(H,30,34)(H,31,35)(H,37,38). The number of hydrogen-bond acceptors (Lipinski definition) is 8. The summed E-state index contributed by atoms with van der Waals surface area (Å²) in [6, 6.07) is 1.10. The van der Waals surface area contributed by atoms with Gasteiger partial charge in [-0.3, -0.25) is 19.2 Å². The molecular weight excluding hydrogens is 496 g/mol. The summed E-state index contributed by atoms with van der Waals surface area (Å²) in [6.45, 7) is 4.14. The smallest absolute Gasteiger partial charge is 0.326 e. The lowest BCUT2D eigenvalue weighted by atomic mass is 10.0. The van der Waals surface area contributed by atoms with E-state index in [2.05, 4.69) is 16.0 Å². The highest BCUT2D eigenvalue weighted by molar-refractivity contribution is 5.96. The number of rotatable bonds is 17. The van der Waals surface area contributed by atoms with Gasteiger partial charge < -0.3 is 43.4 Å². The second kappa shape index (κ2) is 16.2. The molecule has 1 aromatic rings. The lowest BCUT2D eigenvalue weighted by molar-refractivity contribution is -0.142. The van der Waals surface area contributed by atoms with Gasteiger partial charge in [0.25, 0.3) is 0 Å². The SMILES string of the molecule is CC(C)CC(N)C(=O)NC(Cc1ccc(O)cc1)C(=O)NC(CC(N)=O)C(=O)NC(CCCCN)C(=O)O. The van der Waals surface area contributed by atoms with Crippen molar-refractivity contribution >= 4 is 29.6 Å². The molecule has 0 aromatic heterocycles. The zero-order valence-electron chi connectivity index (χ0n) is 21.8. The summed E-state index contributed by atoms with van der Waals surface area (Å²) in [4.78, 5) is 62.0. The van der Waals surface area contributed by atoms with Gasteiger partial charge >= 0.3 is 5.97 Å². The number of hydrogen-bond donors (Lipinski definition) is 8. The zero-order chi connectivity index (χ0) is 28.8. The van der Waals surface area contributed by atoms with E-state index >= 15 is 0 Å². The number of carboxylic acids is 1. The molecule has 212 valence electrons. The van der Waals surface area contributed by atoms with Gasteiger partial charge in [-0.15, -0.1) is 0 Å². The number of benzene rings is 1. The molecule has 4 unspecified atom stereocenters. The van der Waals surface area contributed by atoms with Crippen molar-refractivity contribution in [3.8, 4) is 5.75 Å². The molecule has 1 aromatic carbocycles. The van der Waals surface area contributed by atoms with Crippen LogP contribution in [0, 0.1) is 5.92 Å². The van der Waals surface area contributed by atoms with Crippen molar-refractivity contribution in [2.24, 2.45) is 23.1 Å². The van der Waals surface area contributed by atoms with E-state index in [9.17, 15) is 34.2 Å². The van der Waals surface area contributed by atoms with Crippen molar-refractivity contribution in [3.63, 3.8) is 0 Å². The fourth-order valence-electron chi connectivity index (χ4n) is 3.68. The Kier molecular flexibility index (Phi) is 13.8. The van der Waals surface area contributed by atoms with Gasteiger partial charge in [0.1, 0.15) is 23.9 Å². The molecule has 1 rings (SSSR count). The van der Waals surface area contributed by atoms with E-state index in [0.29, 0.717) is 31.4 Å². The quantitative estimate of drug-likeness (QED) is 0.112. The third-order valence-corrected chi connectivity index (χ3v) is 5.67. The van der Waals surface area contributed by atoms with Crippen molar-refractivity contribution in [2.45, 2.75) is 76.5 Å². The average Bonchev–Trinajstić information content (AvgIpc) is 2.82. The maximum atomic E-state index is 13.2. The third kappa shape index (κ3) is 12.0. The number of unbranched alkanes of at least 4 members (excludes halogenated alkanes) is 1. The molecule has 0 saturated heterocycles. The van der Waals surface area contributed by atoms with Crippen molar-refractivity contribution in [3.05, 3.63) is 29.8 Å². The number of carbonyl (C=O) groups is 5. The molecule has 4 amide bonds. The molecule has 0 bridgehead atoms. The van der Waals surface area contributed by atoms with Gasteiger partial charge in [-0.25, -0.2) is 4.79 Å². The number of primary amides is 1. The number of amides is 4. The van der Waals surface area contributed by atoms with Gasteiger partial charge in [-0.05, 0) is 55.8 Å². The molecular formula is C25H40N6O7. The van der Waals surface area contributed by atoms with E-state index in [1.165, 1.54) is 12.1 Å². The Balaban J connectivity index is 3.11. The van der Waals surface area contributed by atoms with Gasteiger partial charge in [-0.2, -0.15) is 0 Å². The predicted octanol–water partition coefficient (Wildman–Crippen LogP) is -1.15. The zero-order valence-corrected chi connectivity index (χ0v) is 21.8. The van der Waals surface area contributed by atoms with Crippen LogP contribution in [0.4, 0.5) is 0 Å². The number of aliphatic carboxylic acids is 1. The summed E-state index contributed by atoms with van der Waals surface area (Å²) in [5.74, 6) is -4.36. The molecule has 38 heavy (non-hydrogen) atoms. The minimum atomic E-state index is -1.49. The average molecular weight is 537 g/mol. The Morgan fingerprint density at radius 1 is 0.868 bits per heavy atom. The van der Waals surface area contributed by atoms with E-state index in [1.807, 2.05) is 13.8 Å². The Morgan fingerprint density at radius 2 is 1.42 bits per heavy atom. The first kappa shape index (κ1) is 32.3. The van der Waals surface area contributed by atoms with Crippen molar-refractivity contribution in [1.82, 2.24) is 16.0 Å². The highest BCUT2D eigenvalue weighted by Crippen LogP contribution is 2.12. The van der Waals surface area contributed by atoms with E-state index in [1.54, 1.807) is 12.1 Å². The van der Waals surface area contributed by atoms with Gasteiger partial charge in [0, 0.05) is 6.42 Å². The molecule has 13 heteroatoms. The van der Waals surface area contributed by atoms with Crippen LogP contribution in [0.1, 0.15) is 51.5 Å². The lowest BCUT2D eigenvalue weighted by Crippen LogP contribution is -2.58. The molecule has 0 aliphatic heterocycles. The van der Waals surface area contributed by atoms with Gasteiger partial charge in [-0.1, -0.05) is 26.0 Å². The molecule has 0 heterocycles. The van der Waals surface area contributed by atoms with Crippen LogP contribution in [0.5, 0.6) is 5.75 Å². The molecule has 0 aliphatic carbocycles. The number of phenolic OH excluding ortho intramolecular Hbond substituents is 1. The van der Waals surface area contributed by atoms with Crippen molar-refractivity contribution in [2.75, 3.05) is 6.54 Å². The number of nitrogens with one attached hydrogen (secondary N) is 3. The first-order valence-corrected chi connectivity index (χ1v) is 12.5. The van der Waals surface area contributed by atoms with Crippen LogP contribution in [0.2, 0.25) is 0 Å². The van der Waals surface area contributed by atoms with Crippen LogP contribution >= 0.6 is 0 Å². The van der Waals surface area contributed by atoms with Gasteiger partial charge in [0.15, 0.2) is 0 Å². The minimum absolute atomic E-state index is 0.00961. The molecule has 0 radical (unpaired) electrons. The van der Waals surface area contributed by atoms with Crippen molar-refractivity contribution in [1.29, 1.82) is 0 Å². The van der Waals surface area contributed by atoms with E-state index in [0.717, 1.165) is 0 Å². The molecule has 0 spiro atoms. The summed E-state index contributed by atoms with van der Waals surface area (Å²) < 4.78 is 0. The summed E-state index contributed by atoms with van der Waals surface area (Å²) in [5, 5.41) is 26.3. The summed E-state index contributed by atoms with van der Waals surface area (Å²) >= 11 is 0. The highest BCUT2D eigenvalue weighted by Gasteiger charge is 2.31. The summed E-state index contributed by atoms with van der Waals surface area (Å²) in [5.41, 5.74) is 17.2. The van der Waals surface area contributed by atoms with Crippen LogP contribution < -0.4 is 33.2 Å². The van der Waals surface area contributed by atoms with Crippen LogP contribution in [-0.2, 0) is 30.4 Å². The number of carboxylic acid groups (broad SMARTS) is 1. The topological polar surface area (TPSA) is 240 Å². The number of phenols is 1. The normalized spacial score (nSPS) is 14.1. The van der Waals surface area contributed by atoms with Crippen molar-refractivity contribution < 1.29 is 34.2 Å². The fraction of sp³-hybridized carbons (Fsp3) is 0.560. The number of carbonyl (C=O) groups excluding carboxylic acids is 4. The monoisotopic (exact) mass is 536 g/mol. The largest absolute Gasteiger partial charge is 0.508 e. The highest BCUT2D eigenvalue weighted by atomic mass is 16.4. The van der Waals surface area contributed by atoms with Crippen LogP contribution in [-0.4, -0.2) is 70.5 Å². The second-order valence-electron chi connectivity index (χ2n) is 9.58. The lowest BCUT2D eigenvalue weighted by Gasteiger charge is -2.25. The molecule has 0 fully saturated rings. The van der Waals surface area contributed by atoms with E-state index in [-0.39, 0.29) is 24.5 Å². The maximum Gasteiger partial charge on any atom is 0.326 e.